The molecule has 0 saturated carbocycles. The third-order valence-corrected chi connectivity index (χ3v) is 6.74. The SMILES string of the molecule is [2H]C([2H])([2H])n1c(=O)nc(N2C[C@@H](CC)N(C(C)c3ccc(C(F)(F)F)cc3)C[C@@H]2C)c2nc(Cl)ccc21. The second-order valence-electron chi connectivity index (χ2n) is 8.61. The number of aryl methyl sites for hydroxylation is 1. The maximum Gasteiger partial charge on any atom is 0.416 e. The molecule has 10 heteroatoms. The van der Waals surface area contributed by atoms with Crippen molar-refractivity contribution >= 4 is 28.5 Å². The normalized spacial score (nSPS) is 22.3. The second-order valence-corrected chi connectivity index (χ2v) is 9.00. The van der Waals surface area contributed by atoms with Gasteiger partial charge >= 0.3 is 11.9 Å². The summed E-state index contributed by atoms with van der Waals surface area (Å²) in [5.41, 5.74) is -0.504. The van der Waals surface area contributed by atoms with Gasteiger partial charge in [-0.1, -0.05) is 30.7 Å². The number of alkyl halides is 3. The standard InChI is InChI=1S/C24H27ClF3N5O/c1-5-18-13-32(22-21-19(10-11-20(25)29-21)31(4)23(34)30-22)14(2)12-33(18)15(3)16-6-8-17(9-7-16)24(26,27)28/h6-11,14-15,18H,5,12-13H2,1-4H3/t14-,15?,18+/m0/s1/i4D3. The summed E-state index contributed by atoms with van der Waals surface area (Å²) in [5, 5.41) is 0.139. The van der Waals surface area contributed by atoms with Gasteiger partial charge in [0.25, 0.3) is 0 Å². The Hall–Kier alpha value is -2.65. The largest absolute Gasteiger partial charge is 0.416 e. The number of anilines is 1. The zero-order valence-corrected chi connectivity index (χ0v) is 19.7. The van der Waals surface area contributed by atoms with Crippen molar-refractivity contribution in [3.05, 3.63) is 63.2 Å². The summed E-state index contributed by atoms with van der Waals surface area (Å²) >= 11 is 6.14. The van der Waals surface area contributed by atoms with Gasteiger partial charge in [-0.25, -0.2) is 9.78 Å². The summed E-state index contributed by atoms with van der Waals surface area (Å²) < 4.78 is 63.0. The number of piperazine rings is 1. The van der Waals surface area contributed by atoms with E-state index in [-0.39, 0.29) is 40.1 Å². The lowest BCUT2D eigenvalue weighted by molar-refractivity contribution is -0.137. The minimum atomic E-state index is -4.39. The molecule has 1 aliphatic heterocycles. The zero-order chi connectivity index (χ0) is 27.3. The molecule has 2 aromatic heterocycles. The van der Waals surface area contributed by atoms with Crippen molar-refractivity contribution in [2.75, 3.05) is 18.0 Å². The summed E-state index contributed by atoms with van der Waals surface area (Å²) in [6.45, 7) is 4.16. The molecule has 3 atom stereocenters. The molecule has 1 unspecified atom stereocenters. The van der Waals surface area contributed by atoms with Gasteiger partial charge < -0.3 is 4.90 Å². The van der Waals surface area contributed by atoms with E-state index in [1.807, 2.05) is 25.7 Å². The van der Waals surface area contributed by atoms with Crippen LogP contribution in [-0.4, -0.2) is 44.6 Å². The highest BCUT2D eigenvalue weighted by Crippen LogP contribution is 2.34. The van der Waals surface area contributed by atoms with Crippen LogP contribution in [-0.2, 0) is 13.2 Å². The summed E-state index contributed by atoms with van der Waals surface area (Å²) in [5.74, 6) is 0.260. The van der Waals surface area contributed by atoms with Gasteiger partial charge in [-0.15, -0.1) is 0 Å². The first kappa shape index (κ1) is 20.7. The van der Waals surface area contributed by atoms with Gasteiger partial charge in [-0.2, -0.15) is 18.2 Å². The van der Waals surface area contributed by atoms with E-state index in [0.717, 1.165) is 24.1 Å². The maximum absolute atomic E-state index is 13.0. The van der Waals surface area contributed by atoms with Crippen LogP contribution in [0.25, 0.3) is 11.0 Å². The molecule has 182 valence electrons. The summed E-state index contributed by atoms with van der Waals surface area (Å²) in [7, 11) is 0. The molecule has 0 bridgehead atoms. The first-order chi connectivity index (χ1) is 17.2. The molecule has 1 fully saturated rings. The molecule has 1 saturated heterocycles. The average molecular weight is 497 g/mol. The Morgan fingerprint density at radius 3 is 2.50 bits per heavy atom. The van der Waals surface area contributed by atoms with E-state index < -0.39 is 24.4 Å². The molecule has 0 N–H and O–H groups in total. The third kappa shape index (κ3) is 4.51. The molecule has 3 heterocycles. The molecular formula is C24H27ClF3N5O. The first-order valence-corrected chi connectivity index (χ1v) is 11.4. The van der Waals surface area contributed by atoms with Crippen LogP contribution in [0.4, 0.5) is 19.0 Å². The summed E-state index contributed by atoms with van der Waals surface area (Å²) in [6.07, 6.45) is -3.67. The fourth-order valence-electron chi connectivity index (χ4n) is 4.61. The van der Waals surface area contributed by atoms with Crippen LogP contribution in [0.2, 0.25) is 5.15 Å². The number of aromatic nitrogens is 3. The molecule has 6 nitrogen and oxygen atoms in total. The summed E-state index contributed by atoms with van der Waals surface area (Å²) in [6, 6.07) is 7.74. The van der Waals surface area contributed by atoms with Gasteiger partial charge in [-0.3, -0.25) is 9.47 Å². The zero-order valence-electron chi connectivity index (χ0n) is 22.0. The number of fused-ring (bicyclic) bond motifs is 1. The number of pyridine rings is 1. The van der Waals surface area contributed by atoms with Gasteiger partial charge in [0.15, 0.2) is 5.82 Å². The Balaban J connectivity index is 1.70. The van der Waals surface area contributed by atoms with Crippen LogP contribution < -0.4 is 10.6 Å². The number of benzene rings is 1. The molecule has 1 aliphatic rings. The fraction of sp³-hybridized carbons (Fsp3) is 0.458. The van der Waals surface area contributed by atoms with Crippen molar-refractivity contribution in [1.29, 1.82) is 0 Å². The van der Waals surface area contributed by atoms with Crippen LogP contribution in [0.1, 0.15) is 48.5 Å². The molecule has 4 rings (SSSR count). The highest BCUT2D eigenvalue weighted by atomic mass is 35.5. The number of hydrogen-bond donors (Lipinski definition) is 0. The first-order valence-electron chi connectivity index (χ1n) is 12.5. The van der Waals surface area contributed by atoms with E-state index in [1.54, 1.807) is 0 Å². The van der Waals surface area contributed by atoms with Crippen molar-refractivity contribution in [2.24, 2.45) is 6.98 Å². The minimum absolute atomic E-state index is 0.0189. The van der Waals surface area contributed by atoms with Crippen molar-refractivity contribution in [2.45, 2.75) is 51.5 Å². The highest BCUT2D eigenvalue weighted by Gasteiger charge is 2.36. The van der Waals surface area contributed by atoms with Gasteiger partial charge in [-0.05, 0) is 50.1 Å². The monoisotopic (exact) mass is 496 g/mol. The van der Waals surface area contributed by atoms with Gasteiger partial charge in [0.05, 0.1) is 11.1 Å². The Morgan fingerprint density at radius 2 is 1.88 bits per heavy atom. The average Bonchev–Trinajstić information content (AvgIpc) is 2.82. The number of rotatable bonds is 4. The Bertz CT molecular complexity index is 1350. The van der Waals surface area contributed by atoms with E-state index in [9.17, 15) is 18.0 Å². The van der Waals surface area contributed by atoms with Gasteiger partial charge in [0.2, 0.25) is 0 Å². The van der Waals surface area contributed by atoms with Crippen molar-refractivity contribution < 1.29 is 17.3 Å². The molecule has 34 heavy (non-hydrogen) atoms. The van der Waals surface area contributed by atoms with E-state index >= 15 is 0 Å². The molecule has 0 radical (unpaired) electrons. The van der Waals surface area contributed by atoms with Crippen LogP contribution in [0, 0.1) is 0 Å². The predicted molar refractivity (Wildman–Crippen MR) is 127 cm³/mol. The Kier molecular flexibility index (Phi) is 5.59. The van der Waals surface area contributed by atoms with E-state index in [2.05, 4.69) is 14.9 Å². The van der Waals surface area contributed by atoms with Crippen molar-refractivity contribution in [3.8, 4) is 0 Å². The minimum Gasteiger partial charge on any atom is -0.349 e. The molecular weight excluding hydrogens is 467 g/mol. The molecule has 0 amide bonds. The summed E-state index contributed by atoms with van der Waals surface area (Å²) in [4.78, 5) is 25.5. The molecule has 1 aromatic carbocycles. The van der Waals surface area contributed by atoms with Crippen molar-refractivity contribution in [3.63, 3.8) is 0 Å². The van der Waals surface area contributed by atoms with E-state index in [4.69, 9.17) is 15.7 Å². The maximum atomic E-state index is 13.0. The van der Waals surface area contributed by atoms with E-state index in [0.29, 0.717) is 17.7 Å². The van der Waals surface area contributed by atoms with Crippen LogP contribution in [0.15, 0.2) is 41.2 Å². The van der Waals surface area contributed by atoms with Gasteiger partial charge in [0.1, 0.15) is 10.7 Å². The number of halogens is 4. The van der Waals surface area contributed by atoms with Crippen LogP contribution >= 0.6 is 11.6 Å². The quantitative estimate of drug-likeness (QED) is 0.473. The van der Waals surface area contributed by atoms with E-state index in [1.165, 1.54) is 24.3 Å². The van der Waals surface area contributed by atoms with Crippen molar-refractivity contribution in [1.82, 2.24) is 19.4 Å². The van der Waals surface area contributed by atoms with Crippen LogP contribution in [0.5, 0.6) is 0 Å². The van der Waals surface area contributed by atoms with Gasteiger partial charge in [0, 0.05) is 42.3 Å². The predicted octanol–water partition coefficient (Wildman–Crippen LogP) is 5.05. The lowest BCUT2D eigenvalue weighted by atomic mass is 9.98. The smallest absolute Gasteiger partial charge is 0.349 e. The number of hydrogen-bond acceptors (Lipinski definition) is 5. The Labute approximate surface area is 205 Å². The molecule has 0 aliphatic carbocycles. The third-order valence-electron chi connectivity index (χ3n) is 6.53. The second kappa shape index (κ2) is 9.19. The van der Waals surface area contributed by atoms with Crippen LogP contribution in [0.3, 0.4) is 0 Å². The fourth-order valence-corrected chi connectivity index (χ4v) is 4.76. The Morgan fingerprint density at radius 1 is 1.18 bits per heavy atom. The lowest BCUT2D eigenvalue weighted by Gasteiger charge is -2.48. The number of nitrogens with zero attached hydrogens (tertiary/aromatic N) is 5. The highest BCUT2D eigenvalue weighted by molar-refractivity contribution is 6.29. The topological polar surface area (TPSA) is 54.3 Å². The molecule has 0 spiro atoms. The molecule has 3 aromatic rings. The lowest BCUT2D eigenvalue weighted by Crippen LogP contribution is -2.58.